The third kappa shape index (κ3) is 4.61. The molecule has 0 aliphatic heterocycles. The van der Waals surface area contributed by atoms with Gasteiger partial charge in [-0.25, -0.2) is 0 Å². The summed E-state index contributed by atoms with van der Waals surface area (Å²) in [4.78, 5) is 29.0. The topological polar surface area (TPSA) is 116 Å². The number of aromatic nitrogens is 2. The smallest absolute Gasteiger partial charge is 0.289 e. The van der Waals surface area contributed by atoms with Gasteiger partial charge in [0.05, 0.1) is 11.2 Å². The van der Waals surface area contributed by atoms with Crippen LogP contribution >= 0.6 is 0 Å². The summed E-state index contributed by atoms with van der Waals surface area (Å²) in [5.74, 6) is 0.738. The third-order valence-corrected chi connectivity index (χ3v) is 4.18. The second-order valence-corrected chi connectivity index (χ2v) is 6.19. The van der Waals surface area contributed by atoms with Crippen LogP contribution in [0.2, 0.25) is 0 Å². The first kappa shape index (κ1) is 19.3. The predicted octanol–water partition coefficient (Wildman–Crippen LogP) is 3.72. The Kier molecular flexibility index (Phi) is 6.15. The fourth-order valence-corrected chi connectivity index (χ4v) is 2.68. The van der Waals surface area contributed by atoms with E-state index in [0.717, 1.165) is 12.8 Å². The summed E-state index contributed by atoms with van der Waals surface area (Å²) in [6.07, 6.45) is 3.67. The van der Waals surface area contributed by atoms with Gasteiger partial charge in [0.15, 0.2) is 5.76 Å². The molecule has 1 amide bonds. The standard InChI is InChI=1S/C19H20N4O5/c1-2-3-10-22(19(24)16-8-5-12-27-16)11-9-17-20-18(21-28-17)14-6-4-7-15(13-14)23(25)26/h4-8,12-13H,2-3,9-11H2,1H3. The van der Waals surface area contributed by atoms with Crippen LogP contribution in [0, 0.1) is 10.1 Å². The number of carbonyl (C=O) groups is 1. The number of unbranched alkanes of at least 4 members (excludes halogenated alkanes) is 1. The van der Waals surface area contributed by atoms with Crippen molar-refractivity contribution in [1.82, 2.24) is 15.0 Å². The molecule has 3 rings (SSSR count). The van der Waals surface area contributed by atoms with Crippen LogP contribution in [0.4, 0.5) is 5.69 Å². The lowest BCUT2D eigenvalue weighted by atomic mass is 10.2. The second-order valence-electron chi connectivity index (χ2n) is 6.19. The van der Waals surface area contributed by atoms with E-state index in [4.69, 9.17) is 8.94 Å². The number of nitro benzene ring substituents is 1. The number of non-ortho nitro benzene ring substituents is 1. The van der Waals surface area contributed by atoms with Gasteiger partial charge in [-0.2, -0.15) is 4.98 Å². The van der Waals surface area contributed by atoms with E-state index >= 15 is 0 Å². The summed E-state index contributed by atoms with van der Waals surface area (Å²) in [6.45, 7) is 3.05. The number of rotatable bonds is 9. The molecule has 2 heterocycles. The highest BCUT2D eigenvalue weighted by molar-refractivity contribution is 5.91. The summed E-state index contributed by atoms with van der Waals surface area (Å²) < 4.78 is 10.5. The van der Waals surface area contributed by atoms with Crippen molar-refractivity contribution < 1.29 is 18.7 Å². The zero-order valence-corrected chi connectivity index (χ0v) is 15.4. The minimum atomic E-state index is -0.476. The summed E-state index contributed by atoms with van der Waals surface area (Å²) in [6, 6.07) is 9.34. The van der Waals surface area contributed by atoms with E-state index in [0.29, 0.717) is 36.7 Å². The van der Waals surface area contributed by atoms with Gasteiger partial charge >= 0.3 is 0 Å². The molecule has 28 heavy (non-hydrogen) atoms. The molecule has 0 saturated heterocycles. The molecule has 0 fully saturated rings. The van der Waals surface area contributed by atoms with Crippen molar-refractivity contribution in [2.75, 3.05) is 13.1 Å². The Morgan fingerprint density at radius 1 is 1.25 bits per heavy atom. The fourth-order valence-electron chi connectivity index (χ4n) is 2.68. The van der Waals surface area contributed by atoms with Gasteiger partial charge in [-0.05, 0) is 18.6 Å². The first-order valence-electron chi connectivity index (χ1n) is 8.98. The lowest BCUT2D eigenvalue weighted by Crippen LogP contribution is -2.33. The Morgan fingerprint density at radius 2 is 2.11 bits per heavy atom. The van der Waals surface area contributed by atoms with E-state index in [1.165, 1.54) is 18.4 Å². The summed E-state index contributed by atoms with van der Waals surface area (Å²) in [5, 5.41) is 14.8. The molecule has 2 aromatic heterocycles. The van der Waals surface area contributed by atoms with Gasteiger partial charge in [0.1, 0.15) is 0 Å². The van der Waals surface area contributed by atoms with Crippen LogP contribution in [0.3, 0.4) is 0 Å². The molecule has 0 radical (unpaired) electrons. The second kappa shape index (κ2) is 8.94. The number of amides is 1. The summed E-state index contributed by atoms with van der Waals surface area (Å²) >= 11 is 0. The van der Waals surface area contributed by atoms with E-state index in [2.05, 4.69) is 17.1 Å². The third-order valence-electron chi connectivity index (χ3n) is 4.18. The number of furan rings is 1. The zero-order valence-electron chi connectivity index (χ0n) is 15.4. The Labute approximate surface area is 161 Å². The van der Waals surface area contributed by atoms with Crippen molar-refractivity contribution in [1.29, 1.82) is 0 Å². The van der Waals surface area contributed by atoms with Crippen LogP contribution in [0.5, 0.6) is 0 Å². The number of benzene rings is 1. The van der Waals surface area contributed by atoms with Crippen molar-refractivity contribution in [3.8, 4) is 11.4 Å². The average Bonchev–Trinajstić information content (AvgIpc) is 3.40. The van der Waals surface area contributed by atoms with Crippen LogP contribution in [-0.4, -0.2) is 39.0 Å². The minimum absolute atomic E-state index is 0.0429. The highest BCUT2D eigenvalue weighted by Crippen LogP contribution is 2.21. The fraction of sp³-hybridized carbons (Fsp3) is 0.316. The molecule has 0 bridgehead atoms. The average molecular weight is 384 g/mol. The molecule has 146 valence electrons. The van der Waals surface area contributed by atoms with Crippen molar-refractivity contribution in [3.63, 3.8) is 0 Å². The van der Waals surface area contributed by atoms with Gasteiger partial charge in [0, 0.05) is 37.2 Å². The Balaban J connectivity index is 1.68. The van der Waals surface area contributed by atoms with E-state index in [1.54, 1.807) is 29.2 Å². The maximum absolute atomic E-state index is 12.6. The molecular weight excluding hydrogens is 364 g/mol. The number of carbonyl (C=O) groups excluding carboxylic acids is 1. The van der Waals surface area contributed by atoms with Crippen LogP contribution in [0.15, 0.2) is 51.6 Å². The van der Waals surface area contributed by atoms with E-state index in [-0.39, 0.29) is 17.4 Å². The van der Waals surface area contributed by atoms with E-state index in [9.17, 15) is 14.9 Å². The predicted molar refractivity (Wildman–Crippen MR) is 99.6 cm³/mol. The molecule has 0 unspecified atom stereocenters. The van der Waals surface area contributed by atoms with Gasteiger partial charge in [-0.1, -0.05) is 30.6 Å². The van der Waals surface area contributed by atoms with E-state index < -0.39 is 4.92 Å². The van der Waals surface area contributed by atoms with E-state index in [1.807, 2.05) is 0 Å². The maximum atomic E-state index is 12.6. The van der Waals surface area contributed by atoms with Crippen LogP contribution in [-0.2, 0) is 6.42 Å². The molecule has 0 aliphatic rings. The van der Waals surface area contributed by atoms with Gasteiger partial charge in [-0.3, -0.25) is 14.9 Å². The molecule has 9 heteroatoms. The lowest BCUT2D eigenvalue weighted by Gasteiger charge is -2.20. The van der Waals surface area contributed by atoms with Crippen molar-refractivity contribution in [2.45, 2.75) is 26.2 Å². The molecule has 0 saturated carbocycles. The normalized spacial score (nSPS) is 10.8. The van der Waals surface area contributed by atoms with Gasteiger partial charge in [0.25, 0.3) is 11.6 Å². The molecular formula is C19H20N4O5. The molecule has 1 aromatic carbocycles. The highest BCUT2D eigenvalue weighted by atomic mass is 16.6. The van der Waals surface area contributed by atoms with Gasteiger partial charge in [-0.15, -0.1) is 0 Å². The molecule has 0 aliphatic carbocycles. The Bertz CT molecular complexity index is 935. The van der Waals surface area contributed by atoms with Crippen molar-refractivity contribution in [2.24, 2.45) is 0 Å². The highest BCUT2D eigenvalue weighted by Gasteiger charge is 2.19. The largest absolute Gasteiger partial charge is 0.459 e. The lowest BCUT2D eigenvalue weighted by molar-refractivity contribution is -0.384. The molecule has 0 N–H and O–H groups in total. The number of nitro groups is 1. The zero-order chi connectivity index (χ0) is 19.9. The number of hydrogen-bond acceptors (Lipinski definition) is 7. The SMILES string of the molecule is CCCCN(CCc1nc(-c2cccc([N+](=O)[O-])c2)no1)C(=O)c1ccco1. The maximum Gasteiger partial charge on any atom is 0.289 e. The van der Waals surface area contributed by atoms with Gasteiger partial charge < -0.3 is 13.8 Å². The number of hydrogen-bond donors (Lipinski definition) is 0. The van der Waals surface area contributed by atoms with Crippen LogP contribution in [0.25, 0.3) is 11.4 Å². The Morgan fingerprint density at radius 3 is 2.82 bits per heavy atom. The quantitative estimate of drug-likeness (QED) is 0.408. The first-order chi connectivity index (χ1) is 13.6. The summed E-state index contributed by atoms with van der Waals surface area (Å²) in [7, 11) is 0. The monoisotopic (exact) mass is 384 g/mol. The molecule has 9 nitrogen and oxygen atoms in total. The molecule has 3 aromatic rings. The summed E-state index contributed by atoms with van der Waals surface area (Å²) in [5.41, 5.74) is 0.456. The van der Waals surface area contributed by atoms with Gasteiger partial charge in [0.2, 0.25) is 11.7 Å². The minimum Gasteiger partial charge on any atom is -0.459 e. The first-order valence-corrected chi connectivity index (χ1v) is 8.98. The molecule has 0 atom stereocenters. The Hall–Kier alpha value is -3.49. The van der Waals surface area contributed by atoms with Crippen LogP contribution in [0.1, 0.15) is 36.2 Å². The molecule has 0 spiro atoms. The van der Waals surface area contributed by atoms with Crippen molar-refractivity contribution in [3.05, 3.63) is 64.4 Å². The van der Waals surface area contributed by atoms with Crippen molar-refractivity contribution >= 4 is 11.6 Å². The number of nitrogens with zero attached hydrogens (tertiary/aromatic N) is 4. The van der Waals surface area contributed by atoms with Crippen LogP contribution < -0.4 is 0 Å².